The quantitative estimate of drug-likeness (QED) is 0.354. The molecule has 0 bridgehead atoms. The van der Waals surface area contributed by atoms with Crippen LogP contribution < -0.4 is 10.6 Å². The molecule has 0 radical (unpaired) electrons. The van der Waals surface area contributed by atoms with Crippen LogP contribution >= 0.6 is 7.92 Å². The van der Waals surface area contributed by atoms with E-state index < -0.39 is 7.92 Å². The smallest absolute Gasteiger partial charge is 0.0705 e. The summed E-state index contributed by atoms with van der Waals surface area (Å²) in [5.41, 5.74) is 5.09. The summed E-state index contributed by atoms with van der Waals surface area (Å²) in [5.74, 6) is 0.518. The van der Waals surface area contributed by atoms with Crippen molar-refractivity contribution in [3.8, 4) is 11.3 Å². The third-order valence-corrected chi connectivity index (χ3v) is 8.65. The lowest BCUT2D eigenvalue weighted by Gasteiger charge is -2.29. The van der Waals surface area contributed by atoms with E-state index in [1.54, 1.807) is 0 Å². The number of fused-ring (bicyclic) bond motifs is 1. The van der Waals surface area contributed by atoms with Gasteiger partial charge in [0.05, 0.1) is 5.69 Å². The largest absolute Gasteiger partial charge is 0.252 e. The number of hydrogen-bond acceptors (Lipinski definition) is 1. The molecule has 2 heteroatoms. The van der Waals surface area contributed by atoms with E-state index in [1.807, 2.05) is 0 Å². The average Bonchev–Trinajstić information content (AvgIpc) is 2.84. The molecule has 0 aliphatic heterocycles. The summed E-state index contributed by atoms with van der Waals surface area (Å²) in [6.07, 6.45) is 4.82. The molecule has 3 aromatic carbocycles. The molecule has 0 spiro atoms. The molecular weight excluding hydrogens is 381 g/mol. The monoisotopic (exact) mass is 407 g/mol. The van der Waals surface area contributed by atoms with Gasteiger partial charge < -0.3 is 0 Å². The Morgan fingerprint density at radius 3 is 1.93 bits per heavy atom. The Bertz CT molecular complexity index is 1050. The SMILES string of the molecule is c1ccc(-c2ccc3c(n2)[C@@H](CP(c2ccccc2)c2ccccc2)CCC3)cc1. The van der Waals surface area contributed by atoms with Gasteiger partial charge in [0.1, 0.15) is 0 Å². The minimum atomic E-state index is -0.402. The van der Waals surface area contributed by atoms with Crippen molar-refractivity contribution in [2.24, 2.45) is 0 Å². The molecule has 148 valence electrons. The van der Waals surface area contributed by atoms with Gasteiger partial charge in [-0.25, -0.2) is 0 Å². The van der Waals surface area contributed by atoms with Crippen LogP contribution in [0.4, 0.5) is 0 Å². The van der Waals surface area contributed by atoms with Crippen molar-refractivity contribution < 1.29 is 0 Å². The average molecular weight is 407 g/mol. The van der Waals surface area contributed by atoms with E-state index in [0.29, 0.717) is 5.92 Å². The second kappa shape index (κ2) is 8.94. The Hall–Kier alpha value is -2.76. The Morgan fingerprint density at radius 1 is 0.700 bits per heavy atom. The number of benzene rings is 3. The summed E-state index contributed by atoms with van der Waals surface area (Å²) >= 11 is 0. The summed E-state index contributed by atoms with van der Waals surface area (Å²) in [6.45, 7) is 0. The first-order valence-electron chi connectivity index (χ1n) is 10.8. The lowest BCUT2D eigenvalue weighted by atomic mass is 9.87. The topological polar surface area (TPSA) is 12.9 Å². The molecule has 0 N–H and O–H groups in total. The summed E-state index contributed by atoms with van der Waals surface area (Å²) in [7, 11) is -0.402. The highest BCUT2D eigenvalue weighted by Crippen LogP contribution is 2.43. The van der Waals surface area contributed by atoms with E-state index in [2.05, 4.69) is 103 Å². The lowest BCUT2D eigenvalue weighted by molar-refractivity contribution is 0.579. The van der Waals surface area contributed by atoms with Gasteiger partial charge in [-0.1, -0.05) is 97.1 Å². The zero-order valence-electron chi connectivity index (χ0n) is 17.1. The second-order valence-corrected chi connectivity index (χ2v) is 10.2. The fraction of sp³-hybridized carbons (Fsp3) is 0.179. The molecule has 1 aromatic heterocycles. The van der Waals surface area contributed by atoms with Crippen molar-refractivity contribution in [3.63, 3.8) is 0 Å². The van der Waals surface area contributed by atoms with Gasteiger partial charge in [0.15, 0.2) is 0 Å². The molecule has 0 fully saturated rings. The van der Waals surface area contributed by atoms with Crippen LogP contribution in [0.25, 0.3) is 11.3 Å². The minimum absolute atomic E-state index is 0.402. The number of rotatable bonds is 5. The van der Waals surface area contributed by atoms with Gasteiger partial charge in [-0.2, -0.15) is 0 Å². The Balaban J connectivity index is 1.51. The lowest BCUT2D eigenvalue weighted by Crippen LogP contribution is -2.21. The summed E-state index contributed by atoms with van der Waals surface area (Å²) in [5, 5.41) is 2.93. The predicted octanol–water partition coefficient (Wildman–Crippen LogP) is 6.30. The summed E-state index contributed by atoms with van der Waals surface area (Å²) < 4.78 is 0. The third kappa shape index (κ3) is 4.09. The molecule has 1 aliphatic carbocycles. The van der Waals surface area contributed by atoms with Crippen molar-refractivity contribution in [2.45, 2.75) is 25.2 Å². The fourth-order valence-electron chi connectivity index (χ4n) is 4.49. The number of aryl methyl sites for hydroxylation is 1. The van der Waals surface area contributed by atoms with E-state index in [9.17, 15) is 0 Å². The summed E-state index contributed by atoms with van der Waals surface area (Å²) in [6, 6.07) is 37.2. The van der Waals surface area contributed by atoms with E-state index in [1.165, 1.54) is 46.4 Å². The van der Waals surface area contributed by atoms with Crippen LogP contribution in [-0.4, -0.2) is 11.1 Å². The van der Waals surface area contributed by atoms with Gasteiger partial charge in [-0.05, 0) is 55.6 Å². The molecule has 0 amide bonds. The first-order valence-corrected chi connectivity index (χ1v) is 12.3. The summed E-state index contributed by atoms with van der Waals surface area (Å²) in [4.78, 5) is 5.22. The molecule has 1 aliphatic rings. The van der Waals surface area contributed by atoms with E-state index in [4.69, 9.17) is 4.98 Å². The zero-order chi connectivity index (χ0) is 20.2. The van der Waals surface area contributed by atoms with Crippen LogP contribution in [0.15, 0.2) is 103 Å². The number of aromatic nitrogens is 1. The molecule has 1 nitrogen and oxygen atoms in total. The maximum Gasteiger partial charge on any atom is 0.0705 e. The van der Waals surface area contributed by atoms with Crippen LogP contribution in [0, 0.1) is 0 Å². The normalized spacial score (nSPS) is 15.7. The Kier molecular flexibility index (Phi) is 5.73. The Morgan fingerprint density at radius 2 is 1.30 bits per heavy atom. The van der Waals surface area contributed by atoms with Crippen molar-refractivity contribution in [1.29, 1.82) is 0 Å². The first-order chi connectivity index (χ1) is 14.9. The fourth-order valence-corrected chi connectivity index (χ4v) is 7.07. The highest BCUT2D eigenvalue weighted by atomic mass is 31.1. The van der Waals surface area contributed by atoms with Crippen LogP contribution in [0.1, 0.15) is 30.0 Å². The first kappa shape index (κ1) is 19.2. The van der Waals surface area contributed by atoms with E-state index in [0.717, 1.165) is 12.1 Å². The van der Waals surface area contributed by atoms with Gasteiger partial charge in [0, 0.05) is 17.2 Å². The van der Waals surface area contributed by atoms with E-state index in [-0.39, 0.29) is 0 Å². The predicted molar refractivity (Wildman–Crippen MR) is 129 cm³/mol. The molecule has 1 heterocycles. The minimum Gasteiger partial charge on any atom is -0.252 e. The standard InChI is InChI=1S/C28H26NP/c1-4-11-22(12-5-1)27-20-19-23-13-10-14-24(28(23)29-27)21-30(25-15-6-2-7-16-25)26-17-8-3-9-18-26/h1-9,11-12,15-20,24H,10,13-14,21H2/t24-/m1/s1. The molecule has 4 aromatic rings. The third-order valence-electron chi connectivity index (χ3n) is 6.01. The molecule has 0 saturated carbocycles. The van der Waals surface area contributed by atoms with Crippen molar-refractivity contribution in [1.82, 2.24) is 4.98 Å². The van der Waals surface area contributed by atoms with Crippen LogP contribution in [-0.2, 0) is 6.42 Å². The highest BCUT2D eigenvalue weighted by molar-refractivity contribution is 7.73. The van der Waals surface area contributed by atoms with Crippen molar-refractivity contribution >= 4 is 18.5 Å². The van der Waals surface area contributed by atoms with Gasteiger partial charge in [-0.3, -0.25) is 4.98 Å². The molecule has 1 atom stereocenters. The second-order valence-electron chi connectivity index (χ2n) is 7.98. The maximum absolute atomic E-state index is 5.22. The molecule has 5 rings (SSSR count). The molecule has 0 saturated heterocycles. The number of pyridine rings is 1. The highest BCUT2D eigenvalue weighted by Gasteiger charge is 2.26. The van der Waals surface area contributed by atoms with Gasteiger partial charge in [-0.15, -0.1) is 0 Å². The number of nitrogens with zero attached hydrogens (tertiary/aromatic N) is 1. The number of hydrogen-bond donors (Lipinski definition) is 0. The molecular formula is C28H26NP. The Labute approximate surface area is 180 Å². The van der Waals surface area contributed by atoms with Gasteiger partial charge >= 0.3 is 0 Å². The molecule has 30 heavy (non-hydrogen) atoms. The van der Waals surface area contributed by atoms with Gasteiger partial charge in [0.2, 0.25) is 0 Å². The van der Waals surface area contributed by atoms with E-state index >= 15 is 0 Å². The zero-order valence-corrected chi connectivity index (χ0v) is 18.0. The van der Waals surface area contributed by atoms with Crippen LogP contribution in [0.2, 0.25) is 0 Å². The maximum atomic E-state index is 5.22. The van der Waals surface area contributed by atoms with Crippen molar-refractivity contribution in [3.05, 3.63) is 114 Å². The van der Waals surface area contributed by atoms with Crippen LogP contribution in [0.3, 0.4) is 0 Å². The van der Waals surface area contributed by atoms with Crippen molar-refractivity contribution in [2.75, 3.05) is 6.16 Å². The molecule has 0 unspecified atom stereocenters. The van der Waals surface area contributed by atoms with Crippen LogP contribution in [0.5, 0.6) is 0 Å². The van der Waals surface area contributed by atoms with Gasteiger partial charge in [0.25, 0.3) is 0 Å².